The first-order chi connectivity index (χ1) is 20.1. The van der Waals surface area contributed by atoms with Gasteiger partial charge in [-0.2, -0.15) is 0 Å². The van der Waals surface area contributed by atoms with Gasteiger partial charge in [-0.3, -0.25) is 4.98 Å². The van der Waals surface area contributed by atoms with E-state index in [1.54, 1.807) is 16.7 Å². The van der Waals surface area contributed by atoms with Gasteiger partial charge in [-0.1, -0.05) is 47.7 Å². The largest absolute Gasteiger partial charge is 0.371 e. The molecule has 0 spiro atoms. The fraction of sp³-hybridized carbons (Fsp3) is 0.472. The lowest BCUT2D eigenvalue weighted by molar-refractivity contribution is 0.0928. The fourth-order valence-electron chi connectivity index (χ4n) is 8.23. The molecule has 2 aromatic carbocycles. The van der Waals surface area contributed by atoms with Gasteiger partial charge in [0.05, 0.1) is 0 Å². The van der Waals surface area contributed by atoms with Crippen molar-refractivity contribution in [3.8, 4) is 0 Å². The van der Waals surface area contributed by atoms with E-state index in [4.69, 9.17) is 0 Å². The molecule has 4 nitrogen and oxygen atoms in total. The summed E-state index contributed by atoms with van der Waals surface area (Å²) in [5.41, 5.74) is 7.62. The molecule has 0 amide bonds. The Balaban J connectivity index is 0.949. The number of benzene rings is 2. The molecule has 0 N–H and O–H groups in total. The standard InChI is InChI=1S/C36H44N4S/c1-27-21-34(15-18-37-27)41-33-13-11-32(12-14-33)40-23-28(24-40)22-39-19-16-31(17-20-39)36(30-8-4-5-9-30)26-38(2)25-29-7-3-6-10-35(29)36/h3,6-8,10-15,18,21,28,31H,4-5,9,16-17,19-20,22-26H2,1-2H3. The Morgan fingerprint density at radius 3 is 2.54 bits per heavy atom. The Hall–Kier alpha value is -2.60. The number of fused-ring (bicyclic) bond motifs is 1. The predicted molar refractivity (Wildman–Crippen MR) is 171 cm³/mol. The van der Waals surface area contributed by atoms with E-state index in [0.717, 1.165) is 24.1 Å². The summed E-state index contributed by atoms with van der Waals surface area (Å²) in [4.78, 5) is 14.8. The van der Waals surface area contributed by atoms with Crippen LogP contribution in [0.3, 0.4) is 0 Å². The van der Waals surface area contributed by atoms with Crippen molar-refractivity contribution in [3.05, 3.63) is 95.3 Å². The van der Waals surface area contributed by atoms with Gasteiger partial charge in [0.25, 0.3) is 0 Å². The fourth-order valence-corrected chi connectivity index (χ4v) is 9.13. The van der Waals surface area contributed by atoms with Gasteiger partial charge in [-0.05, 0) is 113 Å². The molecular weight excluding hydrogens is 520 g/mol. The van der Waals surface area contributed by atoms with Crippen molar-refractivity contribution < 1.29 is 0 Å². The molecule has 3 aromatic rings. The van der Waals surface area contributed by atoms with Crippen molar-refractivity contribution in [2.45, 2.75) is 60.8 Å². The van der Waals surface area contributed by atoms with E-state index in [0.29, 0.717) is 0 Å². The van der Waals surface area contributed by atoms with Crippen molar-refractivity contribution in [3.63, 3.8) is 0 Å². The summed E-state index contributed by atoms with van der Waals surface area (Å²) in [6.45, 7) is 10.5. The Morgan fingerprint density at radius 1 is 0.976 bits per heavy atom. The number of aryl methyl sites for hydroxylation is 1. The highest BCUT2D eigenvalue weighted by atomic mass is 32.2. The topological polar surface area (TPSA) is 22.6 Å². The van der Waals surface area contributed by atoms with Crippen LogP contribution in [0.1, 0.15) is 48.9 Å². The molecule has 4 aliphatic rings. The van der Waals surface area contributed by atoms with Crippen molar-refractivity contribution in [1.29, 1.82) is 0 Å². The third kappa shape index (κ3) is 5.49. The van der Waals surface area contributed by atoms with Crippen molar-refractivity contribution in [1.82, 2.24) is 14.8 Å². The Morgan fingerprint density at radius 2 is 1.78 bits per heavy atom. The number of allylic oxidation sites excluding steroid dienone is 1. The van der Waals surface area contributed by atoms with E-state index in [-0.39, 0.29) is 5.41 Å². The molecule has 1 aliphatic carbocycles. The Labute approximate surface area is 250 Å². The molecule has 0 radical (unpaired) electrons. The number of nitrogens with zero attached hydrogens (tertiary/aromatic N) is 4. The quantitative estimate of drug-likeness (QED) is 0.283. The molecule has 1 atom stereocenters. The summed E-state index contributed by atoms with van der Waals surface area (Å²) >= 11 is 1.81. The van der Waals surface area contributed by atoms with Crippen LogP contribution >= 0.6 is 11.8 Å². The summed E-state index contributed by atoms with van der Waals surface area (Å²) in [6.07, 6.45) is 11.1. The van der Waals surface area contributed by atoms with Gasteiger partial charge < -0.3 is 14.7 Å². The number of rotatable bonds is 7. The number of hydrogen-bond acceptors (Lipinski definition) is 5. The van der Waals surface area contributed by atoms with Gasteiger partial charge in [0.1, 0.15) is 0 Å². The normalized spacial score (nSPS) is 24.2. The molecule has 2 saturated heterocycles. The van der Waals surface area contributed by atoms with Gasteiger partial charge in [0.2, 0.25) is 0 Å². The van der Waals surface area contributed by atoms with Crippen molar-refractivity contribution in [2.24, 2.45) is 11.8 Å². The first-order valence-electron chi connectivity index (χ1n) is 15.7. The smallest absolute Gasteiger partial charge is 0.0383 e. The number of hydrogen-bond donors (Lipinski definition) is 0. The lowest BCUT2D eigenvalue weighted by atomic mass is 9.59. The van der Waals surface area contributed by atoms with Crippen molar-refractivity contribution >= 4 is 17.4 Å². The lowest BCUT2D eigenvalue weighted by Gasteiger charge is -2.52. The lowest BCUT2D eigenvalue weighted by Crippen LogP contribution is -2.55. The van der Waals surface area contributed by atoms with Crippen LogP contribution in [0.4, 0.5) is 5.69 Å². The number of pyridine rings is 1. The SMILES string of the molecule is Cc1cc(Sc2ccc(N3CC(CN4CCC(C5(C6=CCCC6)CN(C)Cc6ccccc65)CC4)C3)cc2)ccn1. The summed E-state index contributed by atoms with van der Waals surface area (Å²) in [6, 6.07) is 22.8. The van der Waals surface area contributed by atoms with E-state index in [2.05, 4.69) is 100 Å². The first kappa shape index (κ1) is 27.2. The maximum absolute atomic E-state index is 4.31. The third-order valence-corrected chi connectivity index (χ3v) is 11.1. The van der Waals surface area contributed by atoms with Crippen LogP contribution in [0.5, 0.6) is 0 Å². The Kier molecular flexibility index (Phi) is 7.70. The minimum atomic E-state index is 0.222. The van der Waals surface area contributed by atoms with Crippen molar-refractivity contribution in [2.75, 3.05) is 51.2 Å². The van der Waals surface area contributed by atoms with E-state index in [1.807, 2.05) is 18.0 Å². The summed E-state index contributed by atoms with van der Waals surface area (Å²) in [5, 5.41) is 0. The average Bonchev–Trinajstić information content (AvgIpc) is 3.51. The monoisotopic (exact) mass is 564 g/mol. The zero-order chi connectivity index (χ0) is 27.8. The van der Waals surface area contributed by atoms with Crippen LogP contribution < -0.4 is 4.90 Å². The minimum Gasteiger partial charge on any atom is -0.371 e. The van der Waals surface area contributed by atoms with Gasteiger partial charge >= 0.3 is 0 Å². The van der Waals surface area contributed by atoms with Gasteiger partial charge in [-0.25, -0.2) is 0 Å². The summed E-state index contributed by atoms with van der Waals surface area (Å²) < 4.78 is 0. The molecule has 5 heteroatoms. The molecule has 41 heavy (non-hydrogen) atoms. The van der Waals surface area contributed by atoms with Crippen LogP contribution in [0.15, 0.2) is 88.3 Å². The maximum atomic E-state index is 4.31. The third-order valence-electron chi connectivity index (χ3n) is 10.1. The Bertz CT molecular complexity index is 1390. The van der Waals surface area contributed by atoms with Crippen LogP contribution in [0.25, 0.3) is 0 Å². The van der Waals surface area contributed by atoms with Crippen LogP contribution in [-0.2, 0) is 12.0 Å². The number of anilines is 1. The van der Waals surface area contributed by atoms with Gasteiger partial charge in [0.15, 0.2) is 0 Å². The number of piperidine rings is 1. The van der Waals surface area contributed by atoms with E-state index in [1.165, 1.54) is 86.9 Å². The second-order valence-electron chi connectivity index (χ2n) is 13.0. The zero-order valence-electron chi connectivity index (χ0n) is 24.8. The molecule has 2 fully saturated rings. The molecule has 1 aromatic heterocycles. The predicted octanol–water partition coefficient (Wildman–Crippen LogP) is 7.18. The molecule has 0 bridgehead atoms. The second kappa shape index (κ2) is 11.6. The molecule has 0 saturated carbocycles. The molecular formula is C36H44N4S. The average molecular weight is 565 g/mol. The highest BCUT2D eigenvalue weighted by molar-refractivity contribution is 7.99. The molecule has 1 unspecified atom stereocenters. The van der Waals surface area contributed by atoms with Gasteiger partial charge in [-0.15, -0.1) is 0 Å². The van der Waals surface area contributed by atoms with Crippen LogP contribution in [-0.4, -0.2) is 61.1 Å². The minimum absolute atomic E-state index is 0.222. The number of aromatic nitrogens is 1. The summed E-state index contributed by atoms with van der Waals surface area (Å²) in [5.74, 6) is 1.53. The highest BCUT2D eigenvalue weighted by Crippen LogP contribution is 2.51. The first-order valence-corrected chi connectivity index (χ1v) is 16.5. The molecule has 214 valence electrons. The van der Waals surface area contributed by atoms with E-state index < -0.39 is 0 Å². The second-order valence-corrected chi connectivity index (χ2v) is 14.1. The molecule has 3 aliphatic heterocycles. The van der Waals surface area contributed by atoms with E-state index >= 15 is 0 Å². The van der Waals surface area contributed by atoms with Gasteiger partial charge in [0, 0.05) is 71.4 Å². The molecule has 7 rings (SSSR count). The maximum Gasteiger partial charge on any atom is 0.0383 e. The highest BCUT2D eigenvalue weighted by Gasteiger charge is 2.48. The summed E-state index contributed by atoms with van der Waals surface area (Å²) in [7, 11) is 2.34. The molecule has 4 heterocycles. The number of likely N-dealkylation sites (N-methyl/N-ethyl adjacent to an activating group) is 1. The zero-order valence-corrected chi connectivity index (χ0v) is 25.6. The van der Waals surface area contributed by atoms with Crippen LogP contribution in [0, 0.1) is 18.8 Å². The number of likely N-dealkylation sites (tertiary alicyclic amines) is 1. The van der Waals surface area contributed by atoms with E-state index in [9.17, 15) is 0 Å². The van der Waals surface area contributed by atoms with Crippen LogP contribution in [0.2, 0.25) is 0 Å².